The number of methoxy groups -OCH3 is 2. The average Bonchev–Trinajstić information content (AvgIpc) is 3.57. The summed E-state index contributed by atoms with van der Waals surface area (Å²) in [4.78, 5) is 26.3. The lowest BCUT2D eigenvalue weighted by Crippen LogP contribution is -2.37. The maximum Gasteiger partial charge on any atom is 0.228 e. The summed E-state index contributed by atoms with van der Waals surface area (Å²) in [5.74, 6) is 3.33. The van der Waals surface area contributed by atoms with Crippen LogP contribution in [-0.4, -0.2) is 67.0 Å². The third-order valence-electron chi connectivity index (χ3n) is 8.50. The Morgan fingerprint density at radius 1 is 0.761 bits per heavy atom. The van der Waals surface area contributed by atoms with Crippen LogP contribution >= 0.6 is 0 Å². The van der Waals surface area contributed by atoms with Crippen molar-refractivity contribution in [2.75, 3.05) is 61.8 Å². The molecule has 5 heterocycles. The second kappa shape index (κ2) is 13.4. The van der Waals surface area contributed by atoms with Gasteiger partial charge >= 0.3 is 0 Å². The van der Waals surface area contributed by atoms with Crippen LogP contribution in [0, 0.1) is 0 Å². The Kier molecular flexibility index (Phi) is 8.60. The molecule has 1 saturated heterocycles. The molecule has 2 aliphatic rings. The number of aromatic nitrogens is 4. The SMILES string of the molecule is COc1ccc(CN(Cc2ccc(OC)cc2)c2ccc(-c3nc(N4CCOCC4)nc4c3CCN4c3ccncc3)nc2)cc1. The average molecular weight is 616 g/mol. The number of benzene rings is 2. The molecular weight excluding hydrogens is 578 g/mol. The van der Waals surface area contributed by atoms with E-state index >= 15 is 0 Å². The molecule has 0 N–H and O–H groups in total. The fraction of sp³-hybridized carbons (Fsp3) is 0.278. The third kappa shape index (κ3) is 6.29. The lowest BCUT2D eigenvalue weighted by Gasteiger charge is -2.28. The molecule has 0 saturated carbocycles. The Bertz CT molecular complexity index is 1700. The summed E-state index contributed by atoms with van der Waals surface area (Å²) in [6, 6.07) is 24.7. The van der Waals surface area contributed by atoms with Crippen molar-refractivity contribution in [3.05, 3.63) is 108 Å². The van der Waals surface area contributed by atoms with Crippen molar-refractivity contribution in [3.8, 4) is 22.9 Å². The quantitative estimate of drug-likeness (QED) is 0.195. The van der Waals surface area contributed by atoms with Crippen molar-refractivity contribution in [1.29, 1.82) is 0 Å². The maximum absolute atomic E-state index is 5.62. The number of hydrogen-bond acceptors (Lipinski definition) is 10. The van der Waals surface area contributed by atoms with Crippen LogP contribution in [0.1, 0.15) is 16.7 Å². The molecule has 7 rings (SSSR count). The zero-order valence-electron chi connectivity index (χ0n) is 26.2. The second-order valence-electron chi connectivity index (χ2n) is 11.3. The van der Waals surface area contributed by atoms with Gasteiger partial charge in [0.15, 0.2) is 0 Å². The Labute approximate surface area is 269 Å². The molecule has 0 amide bonds. The number of ether oxygens (including phenoxy) is 3. The third-order valence-corrected chi connectivity index (χ3v) is 8.50. The molecule has 0 spiro atoms. The molecule has 2 aliphatic heterocycles. The first kappa shape index (κ1) is 29.5. The monoisotopic (exact) mass is 615 g/mol. The van der Waals surface area contributed by atoms with E-state index in [0.717, 1.165) is 71.7 Å². The van der Waals surface area contributed by atoms with Crippen LogP contribution in [-0.2, 0) is 24.2 Å². The molecule has 46 heavy (non-hydrogen) atoms. The molecule has 0 radical (unpaired) electrons. The van der Waals surface area contributed by atoms with Gasteiger partial charge in [-0.1, -0.05) is 24.3 Å². The van der Waals surface area contributed by atoms with Gasteiger partial charge in [-0.15, -0.1) is 0 Å². The Morgan fingerprint density at radius 2 is 1.41 bits per heavy atom. The molecule has 5 aromatic rings. The summed E-state index contributed by atoms with van der Waals surface area (Å²) < 4.78 is 16.4. The molecule has 10 heteroatoms. The highest BCUT2D eigenvalue weighted by Crippen LogP contribution is 2.39. The number of fused-ring (bicyclic) bond motifs is 1. The normalized spacial score (nSPS) is 14.2. The van der Waals surface area contributed by atoms with Crippen LogP contribution in [0.3, 0.4) is 0 Å². The minimum atomic E-state index is 0.662. The van der Waals surface area contributed by atoms with Crippen LogP contribution < -0.4 is 24.2 Å². The Balaban J connectivity index is 1.23. The van der Waals surface area contributed by atoms with Crippen molar-refractivity contribution in [2.45, 2.75) is 19.5 Å². The topological polar surface area (TPSA) is 89.0 Å². The predicted octanol–water partition coefficient (Wildman–Crippen LogP) is 5.69. The minimum Gasteiger partial charge on any atom is -0.497 e. The second-order valence-corrected chi connectivity index (χ2v) is 11.3. The highest BCUT2D eigenvalue weighted by Gasteiger charge is 2.29. The van der Waals surface area contributed by atoms with Crippen LogP contribution in [0.25, 0.3) is 11.4 Å². The van der Waals surface area contributed by atoms with Crippen LogP contribution in [0.15, 0.2) is 91.4 Å². The van der Waals surface area contributed by atoms with Crippen LogP contribution in [0.2, 0.25) is 0 Å². The van der Waals surface area contributed by atoms with Gasteiger partial charge in [0.25, 0.3) is 0 Å². The Morgan fingerprint density at radius 3 is 2.00 bits per heavy atom. The van der Waals surface area contributed by atoms with Crippen molar-refractivity contribution in [1.82, 2.24) is 19.9 Å². The largest absolute Gasteiger partial charge is 0.497 e. The van der Waals surface area contributed by atoms with Gasteiger partial charge in [-0.25, -0.2) is 4.98 Å². The van der Waals surface area contributed by atoms with Gasteiger partial charge in [-0.05, 0) is 66.1 Å². The van der Waals surface area contributed by atoms with E-state index in [-0.39, 0.29) is 0 Å². The lowest BCUT2D eigenvalue weighted by atomic mass is 10.1. The first-order valence-corrected chi connectivity index (χ1v) is 15.6. The standard InChI is InChI=1S/C36H37N7O3/c1-44-30-8-3-26(4-9-30)24-42(25-27-5-10-31(45-2)11-6-27)29-7-12-33(38-23-29)34-32-15-18-43(28-13-16-37-17-14-28)35(32)40-36(39-34)41-19-21-46-22-20-41/h3-14,16-17,23H,15,18-22,24-25H2,1-2H3. The molecule has 3 aromatic heterocycles. The summed E-state index contributed by atoms with van der Waals surface area (Å²) >= 11 is 0. The maximum atomic E-state index is 5.62. The highest BCUT2D eigenvalue weighted by molar-refractivity contribution is 5.76. The molecule has 234 valence electrons. The van der Waals surface area contributed by atoms with E-state index in [0.29, 0.717) is 32.3 Å². The molecule has 10 nitrogen and oxygen atoms in total. The van der Waals surface area contributed by atoms with Gasteiger partial charge in [0.1, 0.15) is 17.3 Å². The molecule has 0 aliphatic carbocycles. The van der Waals surface area contributed by atoms with Gasteiger partial charge in [-0.3, -0.25) is 9.97 Å². The molecule has 2 aromatic carbocycles. The fourth-order valence-electron chi connectivity index (χ4n) is 5.99. The number of morpholine rings is 1. The molecule has 1 fully saturated rings. The number of pyridine rings is 2. The predicted molar refractivity (Wildman–Crippen MR) is 179 cm³/mol. The van der Waals surface area contributed by atoms with E-state index in [1.807, 2.05) is 55.0 Å². The van der Waals surface area contributed by atoms with Gasteiger partial charge in [0.05, 0.1) is 50.7 Å². The summed E-state index contributed by atoms with van der Waals surface area (Å²) in [7, 11) is 3.37. The summed E-state index contributed by atoms with van der Waals surface area (Å²) in [6.45, 7) is 5.08. The van der Waals surface area contributed by atoms with Crippen molar-refractivity contribution < 1.29 is 14.2 Å². The van der Waals surface area contributed by atoms with E-state index < -0.39 is 0 Å². The number of hydrogen-bond donors (Lipinski definition) is 0. The van der Waals surface area contributed by atoms with Crippen molar-refractivity contribution in [2.24, 2.45) is 0 Å². The zero-order valence-corrected chi connectivity index (χ0v) is 26.2. The van der Waals surface area contributed by atoms with E-state index in [4.69, 9.17) is 29.2 Å². The summed E-state index contributed by atoms with van der Waals surface area (Å²) in [5.41, 5.74) is 7.28. The first-order valence-electron chi connectivity index (χ1n) is 15.6. The van der Waals surface area contributed by atoms with E-state index in [2.05, 4.69) is 56.1 Å². The summed E-state index contributed by atoms with van der Waals surface area (Å²) in [5, 5.41) is 0. The zero-order chi connectivity index (χ0) is 31.3. The van der Waals surface area contributed by atoms with Gasteiger partial charge in [-0.2, -0.15) is 4.98 Å². The van der Waals surface area contributed by atoms with Gasteiger partial charge in [0, 0.05) is 56.4 Å². The van der Waals surface area contributed by atoms with E-state index in [1.165, 1.54) is 11.1 Å². The first-order chi connectivity index (χ1) is 22.7. The Hall–Kier alpha value is -5.22. The number of rotatable bonds is 10. The van der Waals surface area contributed by atoms with E-state index in [9.17, 15) is 0 Å². The van der Waals surface area contributed by atoms with Crippen LogP contribution in [0.4, 0.5) is 23.1 Å². The number of nitrogens with zero attached hydrogens (tertiary/aromatic N) is 7. The smallest absolute Gasteiger partial charge is 0.228 e. The van der Waals surface area contributed by atoms with Crippen molar-refractivity contribution in [3.63, 3.8) is 0 Å². The molecule has 0 bridgehead atoms. The van der Waals surface area contributed by atoms with Gasteiger partial charge in [0.2, 0.25) is 5.95 Å². The number of anilines is 4. The fourth-order valence-corrected chi connectivity index (χ4v) is 5.99. The van der Waals surface area contributed by atoms with Gasteiger partial charge < -0.3 is 28.9 Å². The lowest BCUT2D eigenvalue weighted by molar-refractivity contribution is 0.122. The molecular formula is C36H37N7O3. The highest BCUT2D eigenvalue weighted by atomic mass is 16.5. The summed E-state index contributed by atoms with van der Waals surface area (Å²) in [6.07, 6.45) is 6.44. The molecule has 0 unspecified atom stereocenters. The van der Waals surface area contributed by atoms with Crippen molar-refractivity contribution >= 4 is 23.1 Å². The minimum absolute atomic E-state index is 0.662. The van der Waals surface area contributed by atoms with E-state index in [1.54, 1.807) is 14.2 Å². The molecule has 0 atom stereocenters. The van der Waals surface area contributed by atoms with Crippen LogP contribution in [0.5, 0.6) is 11.5 Å².